The molecule has 3 aromatic carbocycles. The summed E-state index contributed by atoms with van der Waals surface area (Å²) in [6.45, 7) is 10.9. The third-order valence-electron chi connectivity index (χ3n) is 5.53. The Morgan fingerprint density at radius 3 is 2.03 bits per heavy atom. The van der Waals surface area contributed by atoms with Crippen LogP contribution < -0.4 is 9.47 Å². The Morgan fingerprint density at radius 2 is 1.44 bits per heavy atom. The molecule has 5 heteroatoms. The Balaban J connectivity index is 0.00000145. The zero-order valence-electron chi connectivity index (χ0n) is 22.6. The van der Waals surface area contributed by atoms with Crippen molar-refractivity contribution < 1.29 is 23.4 Å². The van der Waals surface area contributed by atoms with Crippen molar-refractivity contribution in [3.63, 3.8) is 0 Å². The van der Waals surface area contributed by atoms with Crippen molar-refractivity contribution in [3.05, 3.63) is 83.2 Å². The van der Waals surface area contributed by atoms with E-state index in [1.54, 1.807) is 19.2 Å². The molecule has 0 radical (unpaired) electrons. The number of methoxy groups -OCH3 is 2. The molecule has 0 aliphatic heterocycles. The van der Waals surface area contributed by atoms with Gasteiger partial charge in [0.15, 0.2) is 0 Å². The van der Waals surface area contributed by atoms with Crippen molar-refractivity contribution in [2.24, 2.45) is 0 Å². The summed E-state index contributed by atoms with van der Waals surface area (Å²) in [6, 6.07) is 18.5. The number of ether oxygens (including phenoxy) is 3. The van der Waals surface area contributed by atoms with Gasteiger partial charge in [0.1, 0.15) is 23.9 Å². The number of rotatable bonds is 8. The maximum absolute atomic E-state index is 14.8. The molecule has 0 fully saturated rings. The molecule has 0 aromatic heterocycles. The number of aryl methyl sites for hydroxylation is 1. The summed E-state index contributed by atoms with van der Waals surface area (Å²) < 4.78 is 30.8. The van der Waals surface area contributed by atoms with Gasteiger partial charge in [-0.2, -0.15) is 0 Å². The zero-order valence-corrected chi connectivity index (χ0v) is 22.6. The van der Waals surface area contributed by atoms with E-state index in [4.69, 9.17) is 9.47 Å². The van der Waals surface area contributed by atoms with Gasteiger partial charge < -0.3 is 14.2 Å². The summed E-state index contributed by atoms with van der Waals surface area (Å²) in [5.74, 6) is 0.824. The molecular formula is C31H39FO4. The lowest BCUT2D eigenvalue weighted by molar-refractivity contribution is -0.140. The smallest absolute Gasteiger partial charge is 0.305 e. The molecule has 36 heavy (non-hydrogen) atoms. The van der Waals surface area contributed by atoms with E-state index in [0.717, 1.165) is 28.0 Å². The van der Waals surface area contributed by atoms with Crippen LogP contribution in [0.2, 0.25) is 0 Å². The van der Waals surface area contributed by atoms with Gasteiger partial charge in [-0.15, -0.1) is 0 Å². The van der Waals surface area contributed by atoms with Crippen LogP contribution in [-0.4, -0.2) is 20.2 Å². The number of halogens is 1. The van der Waals surface area contributed by atoms with Gasteiger partial charge in [-0.05, 0) is 70.5 Å². The van der Waals surface area contributed by atoms with Crippen LogP contribution >= 0.6 is 0 Å². The summed E-state index contributed by atoms with van der Waals surface area (Å²) in [7, 11) is 2.97. The molecule has 4 nitrogen and oxygen atoms in total. The minimum absolute atomic E-state index is 0.162. The highest BCUT2D eigenvalue weighted by atomic mass is 19.1. The molecular weight excluding hydrogens is 455 g/mol. The van der Waals surface area contributed by atoms with Gasteiger partial charge in [-0.1, -0.05) is 65.3 Å². The van der Waals surface area contributed by atoms with Crippen molar-refractivity contribution in [1.82, 2.24) is 0 Å². The van der Waals surface area contributed by atoms with Gasteiger partial charge in [-0.3, -0.25) is 4.79 Å². The van der Waals surface area contributed by atoms with Crippen LogP contribution in [0.4, 0.5) is 4.39 Å². The summed E-state index contributed by atoms with van der Waals surface area (Å²) in [4.78, 5) is 11.3. The van der Waals surface area contributed by atoms with Crippen LogP contribution in [0.3, 0.4) is 0 Å². The summed E-state index contributed by atoms with van der Waals surface area (Å²) >= 11 is 0. The zero-order chi connectivity index (χ0) is 26.7. The average molecular weight is 495 g/mol. The van der Waals surface area contributed by atoms with Crippen LogP contribution in [0.5, 0.6) is 11.5 Å². The monoisotopic (exact) mass is 494 g/mol. The number of hydrogen-bond acceptors (Lipinski definition) is 4. The van der Waals surface area contributed by atoms with E-state index in [9.17, 15) is 9.18 Å². The van der Waals surface area contributed by atoms with Gasteiger partial charge in [0.25, 0.3) is 0 Å². The van der Waals surface area contributed by atoms with Crippen molar-refractivity contribution in [3.8, 4) is 22.6 Å². The molecule has 3 rings (SSSR count). The predicted octanol–water partition coefficient (Wildman–Crippen LogP) is 7.90. The lowest BCUT2D eigenvalue weighted by Crippen LogP contribution is -2.13. The van der Waals surface area contributed by atoms with Crippen molar-refractivity contribution in [1.29, 1.82) is 0 Å². The summed E-state index contributed by atoms with van der Waals surface area (Å²) in [6.07, 6.45) is 2.22. The SMILES string of the molecule is CCC.COC(=O)CCc1ccc(OCc2ccc(C(C)(C)C)c(-c3cc(OC)ccc3F)c2)cc1. The molecule has 0 spiro atoms. The third-order valence-corrected chi connectivity index (χ3v) is 5.53. The van der Waals surface area contributed by atoms with Crippen molar-refractivity contribution in [2.45, 2.75) is 65.9 Å². The van der Waals surface area contributed by atoms with Crippen molar-refractivity contribution in [2.75, 3.05) is 14.2 Å². The fourth-order valence-corrected chi connectivity index (χ4v) is 3.66. The number of carbonyl (C=O) groups is 1. The highest BCUT2D eigenvalue weighted by Crippen LogP contribution is 2.36. The largest absolute Gasteiger partial charge is 0.497 e. The minimum atomic E-state index is -0.290. The maximum atomic E-state index is 14.8. The first-order valence-corrected chi connectivity index (χ1v) is 12.4. The molecule has 0 aliphatic rings. The van der Waals surface area contributed by atoms with Gasteiger partial charge in [0.2, 0.25) is 0 Å². The van der Waals surface area contributed by atoms with Gasteiger partial charge in [0, 0.05) is 12.0 Å². The van der Waals surface area contributed by atoms with Crippen molar-refractivity contribution >= 4 is 5.97 Å². The quantitative estimate of drug-likeness (QED) is 0.299. The fraction of sp³-hybridized carbons (Fsp3) is 0.387. The Hall–Kier alpha value is -3.34. The van der Waals surface area contributed by atoms with Crippen LogP contribution in [-0.2, 0) is 28.0 Å². The van der Waals surface area contributed by atoms with Gasteiger partial charge in [0.05, 0.1) is 14.2 Å². The van der Waals surface area contributed by atoms with E-state index in [1.165, 1.54) is 19.6 Å². The lowest BCUT2D eigenvalue weighted by Gasteiger charge is -2.24. The van der Waals surface area contributed by atoms with E-state index < -0.39 is 0 Å². The van der Waals surface area contributed by atoms with E-state index in [0.29, 0.717) is 30.8 Å². The minimum Gasteiger partial charge on any atom is -0.497 e. The molecule has 0 amide bonds. The standard InChI is InChI=1S/C28H31FO4.C3H8/c1-28(2,3)25-13-8-20(16-23(25)24-17-22(31-4)12-14-26(24)29)18-33-21-10-6-19(7-11-21)9-15-27(30)32-5;1-3-2/h6-8,10-14,16-17H,9,15,18H2,1-5H3;3H2,1-2H3. The van der Waals surface area contributed by atoms with E-state index in [-0.39, 0.29) is 17.2 Å². The first-order chi connectivity index (χ1) is 17.1. The Morgan fingerprint density at radius 1 is 0.833 bits per heavy atom. The maximum Gasteiger partial charge on any atom is 0.305 e. The first kappa shape index (κ1) is 28.9. The molecule has 194 valence electrons. The lowest BCUT2D eigenvalue weighted by atomic mass is 9.81. The summed E-state index contributed by atoms with van der Waals surface area (Å²) in [5, 5.41) is 0. The van der Waals surface area contributed by atoms with Crippen LogP contribution in [0, 0.1) is 5.82 Å². The topological polar surface area (TPSA) is 44.8 Å². The molecule has 0 aliphatic carbocycles. The highest BCUT2D eigenvalue weighted by molar-refractivity contribution is 5.71. The molecule has 0 heterocycles. The predicted molar refractivity (Wildman–Crippen MR) is 144 cm³/mol. The molecule has 0 N–H and O–H groups in total. The van der Waals surface area contributed by atoms with Crippen LogP contribution in [0.25, 0.3) is 11.1 Å². The highest BCUT2D eigenvalue weighted by Gasteiger charge is 2.21. The van der Waals surface area contributed by atoms with Gasteiger partial charge in [-0.25, -0.2) is 4.39 Å². The number of benzene rings is 3. The second-order valence-electron chi connectivity index (χ2n) is 9.69. The molecule has 0 saturated carbocycles. The first-order valence-electron chi connectivity index (χ1n) is 12.4. The Kier molecular flexibility index (Phi) is 11.0. The third kappa shape index (κ3) is 8.40. The second kappa shape index (κ2) is 13.7. The van der Waals surface area contributed by atoms with Crippen LogP contribution in [0.1, 0.15) is 64.2 Å². The number of hydrogen-bond donors (Lipinski definition) is 0. The average Bonchev–Trinajstić information content (AvgIpc) is 2.86. The Bertz CT molecular complexity index is 1110. The second-order valence-corrected chi connectivity index (χ2v) is 9.69. The molecule has 0 unspecified atom stereocenters. The molecule has 0 atom stereocenters. The van der Waals surface area contributed by atoms with E-state index >= 15 is 0 Å². The van der Waals surface area contributed by atoms with Gasteiger partial charge >= 0.3 is 5.97 Å². The van der Waals surface area contributed by atoms with E-state index in [1.807, 2.05) is 42.5 Å². The molecule has 0 saturated heterocycles. The molecule has 3 aromatic rings. The Labute approximate surface area is 215 Å². The van der Waals surface area contributed by atoms with E-state index in [2.05, 4.69) is 39.4 Å². The summed E-state index contributed by atoms with van der Waals surface area (Å²) in [5.41, 5.74) is 4.21. The number of esters is 1. The van der Waals surface area contributed by atoms with Crippen LogP contribution in [0.15, 0.2) is 60.7 Å². The number of carbonyl (C=O) groups excluding carboxylic acids is 1. The fourth-order valence-electron chi connectivity index (χ4n) is 3.66. The normalized spacial score (nSPS) is 10.8. The molecule has 0 bridgehead atoms.